The molecule has 1 aromatic rings. The van der Waals surface area contributed by atoms with Crippen LogP contribution in [0.15, 0.2) is 24.3 Å². The van der Waals surface area contributed by atoms with Crippen LogP contribution in [0.4, 0.5) is 10.5 Å². The van der Waals surface area contributed by atoms with Gasteiger partial charge in [-0.25, -0.2) is 4.79 Å². The summed E-state index contributed by atoms with van der Waals surface area (Å²) in [6, 6.07) is 6.58. The first-order valence-electron chi connectivity index (χ1n) is 6.90. The molecule has 0 spiro atoms. The fraction of sp³-hybridized carbons (Fsp3) is 0.467. The SMILES string of the molecule is CC(=O)c1cccc(NC(=O)NCCCCCCO)c1. The molecular formula is C15H22N2O3. The van der Waals surface area contributed by atoms with Gasteiger partial charge in [-0.1, -0.05) is 25.0 Å². The number of carbonyl (C=O) groups is 2. The van der Waals surface area contributed by atoms with Gasteiger partial charge in [0.15, 0.2) is 5.78 Å². The smallest absolute Gasteiger partial charge is 0.319 e. The Kier molecular flexibility index (Phi) is 7.35. The number of hydrogen-bond acceptors (Lipinski definition) is 3. The number of urea groups is 1. The molecule has 2 amide bonds. The quantitative estimate of drug-likeness (QED) is 0.505. The summed E-state index contributed by atoms with van der Waals surface area (Å²) in [7, 11) is 0. The zero-order valence-electron chi connectivity index (χ0n) is 11.8. The second kappa shape index (κ2) is 9.09. The van der Waals surface area contributed by atoms with Crippen LogP contribution in [0.5, 0.6) is 0 Å². The number of unbranched alkanes of at least 4 members (excludes halogenated alkanes) is 3. The highest BCUT2D eigenvalue weighted by atomic mass is 16.3. The van der Waals surface area contributed by atoms with Gasteiger partial charge in [0.1, 0.15) is 0 Å². The van der Waals surface area contributed by atoms with Crippen molar-refractivity contribution in [1.29, 1.82) is 0 Å². The molecule has 110 valence electrons. The van der Waals surface area contributed by atoms with Crippen LogP contribution in [-0.4, -0.2) is 30.1 Å². The summed E-state index contributed by atoms with van der Waals surface area (Å²) in [5.74, 6) is -0.0297. The topological polar surface area (TPSA) is 78.4 Å². The first-order chi connectivity index (χ1) is 9.63. The van der Waals surface area contributed by atoms with Gasteiger partial charge in [-0.2, -0.15) is 0 Å². The number of amides is 2. The molecule has 0 aliphatic heterocycles. The third-order valence-electron chi connectivity index (χ3n) is 2.90. The predicted octanol–water partition coefficient (Wildman–Crippen LogP) is 2.56. The molecule has 0 saturated heterocycles. The minimum Gasteiger partial charge on any atom is -0.396 e. The van der Waals surface area contributed by atoms with E-state index in [1.54, 1.807) is 24.3 Å². The Bertz CT molecular complexity index is 446. The first-order valence-corrected chi connectivity index (χ1v) is 6.90. The van der Waals surface area contributed by atoms with E-state index in [0.29, 0.717) is 17.8 Å². The zero-order chi connectivity index (χ0) is 14.8. The summed E-state index contributed by atoms with van der Waals surface area (Å²) in [4.78, 5) is 22.9. The lowest BCUT2D eigenvalue weighted by atomic mass is 10.1. The molecule has 1 aromatic carbocycles. The van der Waals surface area contributed by atoms with E-state index in [-0.39, 0.29) is 18.4 Å². The maximum Gasteiger partial charge on any atom is 0.319 e. The Balaban J connectivity index is 2.28. The second-order valence-corrected chi connectivity index (χ2v) is 4.66. The largest absolute Gasteiger partial charge is 0.396 e. The van der Waals surface area contributed by atoms with Crippen LogP contribution in [0.1, 0.15) is 43.0 Å². The molecule has 5 nitrogen and oxygen atoms in total. The Morgan fingerprint density at radius 2 is 1.90 bits per heavy atom. The van der Waals surface area contributed by atoms with Crippen molar-refractivity contribution in [1.82, 2.24) is 5.32 Å². The van der Waals surface area contributed by atoms with Gasteiger partial charge < -0.3 is 15.7 Å². The highest BCUT2D eigenvalue weighted by molar-refractivity contribution is 5.96. The number of aliphatic hydroxyl groups excluding tert-OH is 1. The lowest BCUT2D eigenvalue weighted by molar-refractivity contribution is 0.101. The summed E-state index contributed by atoms with van der Waals surface area (Å²) in [6.45, 7) is 2.32. The summed E-state index contributed by atoms with van der Waals surface area (Å²) >= 11 is 0. The number of nitrogens with one attached hydrogen (secondary N) is 2. The normalized spacial score (nSPS) is 10.1. The maximum atomic E-state index is 11.6. The van der Waals surface area contributed by atoms with Gasteiger partial charge in [0.25, 0.3) is 0 Å². The lowest BCUT2D eigenvalue weighted by Crippen LogP contribution is -2.29. The van der Waals surface area contributed by atoms with E-state index in [1.165, 1.54) is 6.92 Å². The van der Waals surface area contributed by atoms with Gasteiger partial charge in [-0.3, -0.25) is 4.79 Å². The Morgan fingerprint density at radius 3 is 2.60 bits per heavy atom. The van der Waals surface area contributed by atoms with E-state index in [2.05, 4.69) is 10.6 Å². The van der Waals surface area contributed by atoms with Crippen molar-refractivity contribution in [3.05, 3.63) is 29.8 Å². The molecule has 0 atom stereocenters. The molecule has 1 rings (SSSR count). The molecule has 0 heterocycles. The van der Waals surface area contributed by atoms with Crippen molar-refractivity contribution in [2.75, 3.05) is 18.5 Å². The molecule has 0 aliphatic carbocycles. The summed E-state index contributed by atoms with van der Waals surface area (Å²) < 4.78 is 0. The molecule has 0 unspecified atom stereocenters. The number of anilines is 1. The van der Waals surface area contributed by atoms with Gasteiger partial charge in [0, 0.05) is 24.4 Å². The number of ketones is 1. The van der Waals surface area contributed by atoms with E-state index >= 15 is 0 Å². The number of carbonyl (C=O) groups excluding carboxylic acids is 2. The van der Waals surface area contributed by atoms with E-state index in [9.17, 15) is 9.59 Å². The molecule has 0 aromatic heterocycles. The number of rotatable bonds is 8. The van der Waals surface area contributed by atoms with Crippen molar-refractivity contribution in [2.45, 2.75) is 32.6 Å². The maximum absolute atomic E-state index is 11.6. The molecule has 0 fully saturated rings. The number of Topliss-reactive ketones (excluding diaryl/α,β-unsaturated/α-hetero) is 1. The number of benzene rings is 1. The highest BCUT2D eigenvalue weighted by Gasteiger charge is 2.03. The minimum atomic E-state index is -0.270. The molecule has 0 radical (unpaired) electrons. The molecule has 5 heteroatoms. The summed E-state index contributed by atoms with van der Waals surface area (Å²) in [6.07, 6.45) is 3.66. The fourth-order valence-corrected chi connectivity index (χ4v) is 1.78. The third-order valence-corrected chi connectivity index (χ3v) is 2.90. The standard InChI is InChI=1S/C15H22N2O3/c1-12(19)13-7-6-8-14(11-13)17-15(20)16-9-4-2-3-5-10-18/h6-8,11,18H,2-5,9-10H2,1H3,(H2,16,17,20). The molecule has 20 heavy (non-hydrogen) atoms. The first kappa shape index (κ1) is 16.2. The van der Waals surface area contributed by atoms with Crippen LogP contribution >= 0.6 is 0 Å². The van der Waals surface area contributed by atoms with Crippen LogP contribution in [-0.2, 0) is 0 Å². The average molecular weight is 278 g/mol. The van der Waals surface area contributed by atoms with Crippen LogP contribution in [0.25, 0.3) is 0 Å². The summed E-state index contributed by atoms with van der Waals surface area (Å²) in [5.41, 5.74) is 1.18. The number of hydrogen-bond donors (Lipinski definition) is 3. The van der Waals surface area contributed by atoms with Crippen molar-refractivity contribution in [2.24, 2.45) is 0 Å². The van der Waals surface area contributed by atoms with Gasteiger partial charge in [-0.05, 0) is 31.9 Å². The van der Waals surface area contributed by atoms with Crippen LogP contribution < -0.4 is 10.6 Å². The zero-order valence-corrected chi connectivity index (χ0v) is 11.8. The third kappa shape index (κ3) is 6.33. The second-order valence-electron chi connectivity index (χ2n) is 4.66. The van der Waals surface area contributed by atoms with Crippen molar-refractivity contribution in [3.63, 3.8) is 0 Å². The lowest BCUT2D eigenvalue weighted by Gasteiger charge is -2.08. The van der Waals surface area contributed by atoms with E-state index in [1.807, 2.05) is 0 Å². The number of aliphatic hydroxyl groups is 1. The van der Waals surface area contributed by atoms with Gasteiger partial charge >= 0.3 is 6.03 Å². The van der Waals surface area contributed by atoms with Crippen LogP contribution in [0.3, 0.4) is 0 Å². The summed E-state index contributed by atoms with van der Waals surface area (Å²) in [5, 5.41) is 14.1. The van der Waals surface area contributed by atoms with E-state index < -0.39 is 0 Å². The Hall–Kier alpha value is -1.88. The molecule has 0 saturated carbocycles. The van der Waals surface area contributed by atoms with Gasteiger partial charge in [0.2, 0.25) is 0 Å². The highest BCUT2D eigenvalue weighted by Crippen LogP contribution is 2.10. The monoisotopic (exact) mass is 278 g/mol. The van der Waals surface area contributed by atoms with Crippen molar-refractivity contribution >= 4 is 17.5 Å². The van der Waals surface area contributed by atoms with Gasteiger partial charge in [0.05, 0.1) is 0 Å². The van der Waals surface area contributed by atoms with Crippen molar-refractivity contribution in [3.8, 4) is 0 Å². The van der Waals surface area contributed by atoms with Gasteiger partial charge in [-0.15, -0.1) is 0 Å². The van der Waals surface area contributed by atoms with E-state index in [0.717, 1.165) is 25.7 Å². The molecular weight excluding hydrogens is 256 g/mol. The molecule has 0 bridgehead atoms. The molecule has 3 N–H and O–H groups in total. The average Bonchev–Trinajstić information content (AvgIpc) is 2.43. The minimum absolute atomic E-state index is 0.0297. The predicted molar refractivity (Wildman–Crippen MR) is 79.0 cm³/mol. The van der Waals surface area contributed by atoms with Crippen LogP contribution in [0.2, 0.25) is 0 Å². The Morgan fingerprint density at radius 1 is 1.15 bits per heavy atom. The Labute approximate surface area is 119 Å². The van der Waals surface area contributed by atoms with Crippen LogP contribution in [0, 0.1) is 0 Å². The van der Waals surface area contributed by atoms with E-state index in [4.69, 9.17) is 5.11 Å². The van der Waals surface area contributed by atoms with Crippen molar-refractivity contribution < 1.29 is 14.7 Å². The fourth-order valence-electron chi connectivity index (χ4n) is 1.78. The molecule has 0 aliphatic rings.